The molecule has 2 saturated carbocycles. The fourth-order valence-electron chi connectivity index (χ4n) is 4.06. The van der Waals surface area contributed by atoms with Gasteiger partial charge in [0.25, 0.3) is 0 Å². The van der Waals surface area contributed by atoms with E-state index in [1.165, 1.54) is 25.7 Å². The van der Waals surface area contributed by atoms with Gasteiger partial charge in [-0.3, -0.25) is 4.79 Å². The molecule has 0 aromatic rings. The maximum absolute atomic E-state index is 12.7. The highest BCUT2D eigenvalue weighted by molar-refractivity contribution is 5.86. The van der Waals surface area contributed by atoms with Crippen molar-refractivity contribution in [3.63, 3.8) is 0 Å². The van der Waals surface area contributed by atoms with Crippen LogP contribution in [-0.4, -0.2) is 23.4 Å². The van der Waals surface area contributed by atoms with E-state index >= 15 is 0 Å². The van der Waals surface area contributed by atoms with Gasteiger partial charge in [0, 0.05) is 12.6 Å². The van der Waals surface area contributed by atoms with Crippen LogP contribution in [0.5, 0.6) is 0 Å². The minimum atomic E-state index is -0.640. The van der Waals surface area contributed by atoms with Gasteiger partial charge < -0.3 is 4.90 Å². The molecule has 0 aromatic heterocycles. The lowest BCUT2D eigenvalue weighted by atomic mass is 9.67. The normalized spacial score (nSPS) is 34.1. The van der Waals surface area contributed by atoms with Crippen LogP contribution in [-0.2, 0) is 4.79 Å². The minimum Gasteiger partial charge on any atom is -0.338 e. The first-order chi connectivity index (χ1) is 8.77. The number of hydrogen-bond acceptors (Lipinski definition) is 2. The Kier molecular flexibility index (Phi) is 3.05. The summed E-state index contributed by atoms with van der Waals surface area (Å²) in [5.74, 6) is 0.875. The summed E-state index contributed by atoms with van der Waals surface area (Å²) in [6.45, 7) is 0.892. The van der Waals surface area contributed by atoms with E-state index in [1.807, 2.05) is 0 Å². The van der Waals surface area contributed by atoms with Gasteiger partial charge in [0.2, 0.25) is 5.91 Å². The molecule has 3 rings (SSSR count). The summed E-state index contributed by atoms with van der Waals surface area (Å²) < 4.78 is 0. The first kappa shape index (κ1) is 12.0. The molecule has 1 aliphatic heterocycles. The summed E-state index contributed by atoms with van der Waals surface area (Å²) in [7, 11) is 0. The Hall–Kier alpha value is -1.04. The summed E-state index contributed by atoms with van der Waals surface area (Å²) in [5, 5.41) is 9.34. The SMILES string of the molecule is N#CC1(C(=O)N2CCCC3CCCCC32)CCC1. The van der Waals surface area contributed by atoms with Crippen LogP contribution < -0.4 is 0 Å². The van der Waals surface area contributed by atoms with E-state index < -0.39 is 5.41 Å². The minimum absolute atomic E-state index is 0.160. The van der Waals surface area contributed by atoms with Gasteiger partial charge >= 0.3 is 0 Å². The fourth-order valence-corrected chi connectivity index (χ4v) is 4.06. The Labute approximate surface area is 109 Å². The molecule has 3 fully saturated rings. The van der Waals surface area contributed by atoms with Crippen molar-refractivity contribution in [2.75, 3.05) is 6.54 Å². The van der Waals surface area contributed by atoms with E-state index in [-0.39, 0.29) is 5.91 Å². The zero-order valence-corrected chi connectivity index (χ0v) is 11.0. The third-order valence-electron chi connectivity index (χ3n) is 5.33. The van der Waals surface area contributed by atoms with Crippen molar-refractivity contribution < 1.29 is 4.79 Å². The zero-order valence-electron chi connectivity index (χ0n) is 11.0. The Balaban J connectivity index is 1.78. The number of amides is 1. The van der Waals surface area contributed by atoms with Gasteiger partial charge in [0.1, 0.15) is 5.41 Å². The first-order valence-corrected chi connectivity index (χ1v) is 7.49. The topological polar surface area (TPSA) is 44.1 Å². The number of fused-ring (bicyclic) bond motifs is 1. The van der Waals surface area contributed by atoms with Crippen LogP contribution in [0.2, 0.25) is 0 Å². The Morgan fingerprint density at radius 1 is 1.11 bits per heavy atom. The highest BCUT2D eigenvalue weighted by Gasteiger charge is 2.49. The summed E-state index contributed by atoms with van der Waals surface area (Å²) in [5.41, 5.74) is -0.640. The third-order valence-corrected chi connectivity index (χ3v) is 5.33. The molecule has 0 radical (unpaired) electrons. The van der Waals surface area contributed by atoms with Gasteiger partial charge in [-0.1, -0.05) is 12.8 Å². The molecule has 3 heteroatoms. The van der Waals surface area contributed by atoms with Crippen LogP contribution in [0.25, 0.3) is 0 Å². The van der Waals surface area contributed by atoms with E-state index in [1.54, 1.807) is 0 Å². The number of rotatable bonds is 1. The van der Waals surface area contributed by atoms with Crippen molar-refractivity contribution in [3.05, 3.63) is 0 Å². The van der Waals surface area contributed by atoms with Crippen LogP contribution >= 0.6 is 0 Å². The van der Waals surface area contributed by atoms with Gasteiger partial charge in [-0.15, -0.1) is 0 Å². The molecule has 2 aliphatic carbocycles. The van der Waals surface area contributed by atoms with Crippen LogP contribution in [0.4, 0.5) is 0 Å². The lowest BCUT2D eigenvalue weighted by Gasteiger charge is -2.48. The molecule has 18 heavy (non-hydrogen) atoms. The van der Waals surface area contributed by atoms with Gasteiger partial charge in [-0.2, -0.15) is 5.26 Å². The number of carbonyl (C=O) groups excluding carboxylic acids is 1. The standard InChI is InChI=1S/C15H22N2O/c16-11-15(8-4-9-15)14(18)17-10-3-6-12-5-1-2-7-13(12)17/h12-13H,1-10H2. The number of nitriles is 1. The average Bonchev–Trinajstić information content (AvgIpc) is 2.37. The van der Waals surface area contributed by atoms with E-state index in [0.29, 0.717) is 12.0 Å². The smallest absolute Gasteiger partial charge is 0.243 e. The quantitative estimate of drug-likeness (QED) is 0.714. The third kappa shape index (κ3) is 1.74. The van der Waals surface area contributed by atoms with Gasteiger partial charge in [-0.05, 0) is 50.9 Å². The van der Waals surface area contributed by atoms with E-state index in [9.17, 15) is 10.1 Å². The predicted octanol–water partition coefficient (Wildman–Crippen LogP) is 2.86. The molecular weight excluding hydrogens is 224 g/mol. The van der Waals surface area contributed by atoms with E-state index in [2.05, 4.69) is 11.0 Å². The molecule has 3 aliphatic rings. The van der Waals surface area contributed by atoms with E-state index in [0.717, 1.165) is 38.6 Å². The number of nitrogens with zero attached hydrogens (tertiary/aromatic N) is 2. The van der Waals surface area contributed by atoms with Crippen LogP contribution in [0, 0.1) is 22.7 Å². The molecule has 1 amide bonds. The molecule has 98 valence electrons. The molecule has 1 heterocycles. The maximum Gasteiger partial charge on any atom is 0.243 e. The summed E-state index contributed by atoms with van der Waals surface area (Å²) in [6, 6.07) is 2.77. The second kappa shape index (κ2) is 4.57. The van der Waals surface area contributed by atoms with Gasteiger partial charge in [0.15, 0.2) is 0 Å². The number of likely N-dealkylation sites (tertiary alicyclic amines) is 1. The molecule has 0 aromatic carbocycles. The second-order valence-corrected chi connectivity index (χ2v) is 6.30. The van der Waals surface area contributed by atoms with Crippen LogP contribution in [0.1, 0.15) is 57.8 Å². The summed E-state index contributed by atoms with van der Waals surface area (Å²) in [6.07, 6.45) is 10.1. The lowest BCUT2D eigenvalue weighted by molar-refractivity contribution is -0.149. The molecule has 2 unspecified atom stereocenters. The summed E-state index contributed by atoms with van der Waals surface area (Å²) >= 11 is 0. The van der Waals surface area contributed by atoms with E-state index in [4.69, 9.17) is 0 Å². The summed E-state index contributed by atoms with van der Waals surface area (Å²) in [4.78, 5) is 14.8. The molecule has 0 N–H and O–H groups in total. The Bertz CT molecular complexity index is 378. The number of hydrogen-bond donors (Lipinski definition) is 0. The second-order valence-electron chi connectivity index (χ2n) is 6.30. The highest BCUT2D eigenvalue weighted by atomic mass is 16.2. The van der Waals surface area contributed by atoms with Gasteiger partial charge in [0.05, 0.1) is 6.07 Å². The van der Waals surface area contributed by atoms with Crippen molar-refractivity contribution in [3.8, 4) is 6.07 Å². The molecule has 0 spiro atoms. The van der Waals surface area contributed by atoms with Gasteiger partial charge in [-0.25, -0.2) is 0 Å². The molecular formula is C15H22N2O. The Morgan fingerprint density at radius 3 is 2.50 bits per heavy atom. The fraction of sp³-hybridized carbons (Fsp3) is 0.867. The van der Waals surface area contributed by atoms with Crippen molar-refractivity contribution >= 4 is 5.91 Å². The molecule has 1 saturated heterocycles. The van der Waals surface area contributed by atoms with Crippen molar-refractivity contribution in [1.29, 1.82) is 5.26 Å². The number of carbonyl (C=O) groups is 1. The average molecular weight is 246 g/mol. The lowest BCUT2D eigenvalue weighted by Crippen LogP contribution is -2.56. The molecule has 3 nitrogen and oxygen atoms in total. The Morgan fingerprint density at radius 2 is 1.83 bits per heavy atom. The van der Waals surface area contributed by atoms with Crippen LogP contribution in [0.15, 0.2) is 0 Å². The monoisotopic (exact) mass is 246 g/mol. The predicted molar refractivity (Wildman–Crippen MR) is 68.6 cm³/mol. The highest BCUT2D eigenvalue weighted by Crippen LogP contribution is 2.44. The van der Waals surface area contributed by atoms with Crippen molar-refractivity contribution in [1.82, 2.24) is 4.90 Å². The maximum atomic E-state index is 12.7. The molecule has 0 bridgehead atoms. The van der Waals surface area contributed by atoms with Crippen molar-refractivity contribution in [2.45, 2.75) is 63.8 Å². The van der Waals surface area contributed by atoms with Crippen molar-refractivity contribution in [2.24, 2.45) is 11.3 Å². The number of piperidine rings is 1. The molecule has 2 atom stereocenters. The zero-order chi connectivity index (χ0) is 12.6. The largest absolute Gasteiger partial charge is 0.338 e. The van der Waals surface area contributed by atoms with Crippen LogP contribution in [0.3, 0.4) is 0 Å². The first-order valence-electron chi connectivity index (χ1n) is 7.49.